The van der Waals surface area contributed by atoms with Gasteiger partial charge in [0.15, 0.2) is 0 Å². The summed E-state index contributed by atoms with van der Waals surface area (Å²) >= 11 is 12.3. The van der Waals surface area contributed by atoms with Gasteiger partial charge in [0.1, 0.15) is 23.0 Å². The zero-order valence-electron chi connectivity index (χ0n) is 16.3. The van der Waals surface area contributed by atoms with Crippen LogP contribution in [-0.4, -0.2) is 26.7 Å². The number of hydrogen-bond donors (Lipinski definition) is 2. The van der Waals surface area contributed by atoms with E-state index < -0.39 is 0 Å². The Balaban J connectivity index is 1.50. The van der Waals surface area contributed by atoms with Gasteiger partial charge in [0, 0.05) is 25.0 Å². The van der Waals surface area contributed by atoms with Crippen molar-refractivity contribution in [1.82, 2.24) is 15.0 Å². The second-order valence-electron chi connectivity index (χ2n) is 7.12. The van der Waals surface area contributed by atoms with Crippen LogP contribution >= 0.6 is 23.2 Å². The van der Waals surface area contributed by atoms with Crippen LogP contribution in [-0.2, 0) is 6.42 Å². The Morgan fingerprint density at radius 1 is 1.13 bits per heavy atom. The number of aliphatic imine (C=N–C) groups is 1. The van der Waals surface area contributed by atoms with Crippen LogP contribution in [0.5, 0.6) is 0 Å². The van der Waals surface area contributed by atoms with Crippen LogP contribution in [0, 0.1) is 0 Å². The highest BCUT2D eigenvalue weighted by atomic mass is 35.5. The predicted molar refractivity (Wildman–Crippen MR) is 119 cm³/mol. The standard InChI is InChI=1S/C21H18Cl2N6O/c1-11(2)12-3-4-18(26-7-12)29-21(30)16-5-13-6-19(27-17(13)10-25-16)28-20-14(22)8-24-9-15(20)23/h3-5,7-11H,6H2,1-2H3,(H,24,27,28)(H,26,29,30). The molecule has 0 bridgehead atoms. The summed E-state index contributed by atoms with van der Waals surface area (Å²) in [6, 6.07) is 5.47. The second kappa shape index (κ2) is 8.38. The molecule has 3 aromatic rings. The normalized spacial score (nSPS) is 14.0. The van der Waals surface area contributed by atoms with E-state index >= 15 is 0 Å². The van der Waals surface area contributed by atoms with Crippen molar-refractivity contribution in [1.29, 1.82) is 0 Å². The SMILES string of the molecule is CC(C)c1ccc(NC(=O)c2cc3c(cn2)NC(=Nc2c(Cl)cncc2Cl)C3)nc1. The van der Waals surface area contributed by atoms with Crippen LogP contribution < -0.4 is 10.6 Å². The van der Waals surface area contributed by atoms with Crippen molar-refractivity contribution in [2.45, 2.75) is 26.2 Å². The smallest absolute Gasteiger partial charge is 0.275 e. The van der Waals surface area contributed by atoms with Crippen LogP contribution in [0.2, 0.25) is 10.0 Å². The lowest BCUT2D eigenvalue weighted by molar-refractivity contribution is 0.102. The van der Waals surface area contributed by atoms with Crippen molar-refractivity contribution < 1.29 is 4.79 Å². The fraction of sp³-hybridized carbons (Fsp3) is 0.190. The van der Waals surface area contributed by atoms with E-state index in [0.29, 0.717) is 45.4 Å². The van der Waals surface area contributed by atoms with Gasteiger partial charge in [0.05, 0.1) is 21.9 Å². The highest BCUT2D eigenvalue weighted by molar-refractivity contribution is 6.38. The Labute approximate surface area is 183 Å². The van der Waals surface area contributed by atoms with Crippen LogP contribution in [0.1, 0.15) is 41.4 Å². The lowest BCUT2D eigenvalue weighted by Crippen LogP contribution is -2.15. The van der Waals surface area contributed by atoms with E-state index in [2.05, 4.69) is 44.4 Å². The Bertz CT molecular complexity index is 1120. The van der Waals surface area contributed by atoms with Crippen LogP contribution in [0.4, 0.5) is 17.2 Å². The number of fused-ring (bicyclic) bond motifs is 1. The maximum Gasteiger partial charge on any atom is 0.275 e. The number of nitrogens with one attached hydrogen (secondary N) is 2. The summed E-state index contributed by atoms with van der Waals surface area (Å²) in [5.74, 6) is 1.19. The molecule has 0 saturated heterocycles. The number of rotatable bonds is 4. The topological polar surface area (TPSA) is 92.2 Å². The maximum absolute atomic E-state index is 12.6. The zero-order chi connectivity index (χ0) is 21.3. The van der Waals surface area contributed by atoms with E-state index in [0.717, 1.165) is 16.8 Å². The molecule has 0 fully saturated rings. The third-order valence-electron chi connectivity index (χ3n) is 4.63. The first kappa shape index (κ1) is 20.3. The quantitative estimate of drug-likeness (QED) is 0.577. The number of carbonyl (C=O) groups excluding carboxylic acids is 1. The fourth-order valence-corrected chi connectivity index (χ4v) is 3.42. The summed E-state index contributed by atoms with van der Waals surface area (Å²) in [5, 5.41) is 6.68. The average molecular weight is 441 g/mol. The number of hydrogen-bond acceptors (Lipinski definition) is 5. The summed E-state index contributed by atoms with van der Waals surface area (Å²) < 4.78 is 0. The number of pyridine rings is 3. The number of anilines is 2. The minimum Gasteiger partial charge on any atom is -0.342 e. The van der Waals surface area contributed by atoms with Crippen molar-refractivity contribution in [2.75, 3.05) is 10.6 Å². The highest BCUT2D eigenvalue weighted by Crippen LogP contribution is 2.33. The van der Waals surface area contributed by atoms with E-state index in [4.69, 9.17) is 23.2 Å². The van der Waals surface area contributed by atoms with E-state index in [1.807, 2.05) is 6.07 Å². The first-order valence-corrected chi connectivity index (χ1v) is 10.1. The molecular formula is C21H18Cl2N6O. The summed E-state index contributed by atoms with van der Waals surface area (Å²) in [7, 11) is 0. The van der Waals surface area contributed by atoms with Gasteiger partial charge in [-0.1, -0.05) is 43.1 Å². The predicted octanol–water partition coefficient (Wildman–Crippen LogP) is 5.25. The Hall–Kier alpha value is -3.03. The lowest BCUT2D eigenvalue weighted by atomic mass is 10.1. The van der Waals surface area contributed by atoms with Gasteiger partial charge in [-0.05, 0) is 29.2 Å². The van der Waals surface area contributed by atoms with E-state index in [-0.39, 0.29) is 5.91 Å². The van der Waals surface area contributed by atoms with Crippen molar-refractivity contribution >= 4 is 52.1 Å². The molecule has 4 rings (SSSR count). The van der Waals surface area contributed by atoms with Gasteiger partial charge in [0.25, 0.3) is 5.91 Å². The Morgan fingerprint density at radius 3 is 2.57 bits per heavy atom. The third-order valence-corrected chi connectivity index (χ3v) is 5.18. The van der Waals surface area contributed by atoms with Crippen molar-refractivity contribution in [3.8, 4) is 0 Å². The van der Waals surface area contributed by atoms with Gasteiger partial charge < -0.3 is 10.6 Å². The largest absolute Gasteiger partial charge is 0.342 e. The molecule has 7 nitrogen and oxygen atoms in total. The zero-order valence-corrected chi connectivity index (χ0v) is 17.8. The maximum atomic E-state index is 12.6. The second-order valence-corrected chi connectivity index (χ2v) is 7.94. The molecule has 0 unspecified atom stereocenters. The molecule has 1 aliphatic rings. The van der Waals surface area contributed by atoms with E-state index in [1.54, 1.807) is 24.5 Å². The minimum absolute atomic E-state index is 0.298. The number of nitrogens with zero attached hydrogens (tertiary/aromatic N) is 4. The minimum atomic E-state index is -0.326. The molecule has 4 heterocycles. The van der Waals surface area contributed by atoms with Crippen molar-refractivity contribution in [2.24, 2.45) is 4.99 Å². The molecule has 9 heteroatoms. The highest BCUT2D eigenvalue weighted by Gasteiger charge is 2.20. The Morgan fingerprint density at radius 2 is 1.90 bits per heavy atom. The number of aromatic nitrogens is 3. The molecule has 0 atom stereocenters. The van der Waals surface area contributed by atoms with E-state index in [9.17, 15) is 4.79 Å². The first-order chi connectivity index (χ1) is 14.4. The molecule has 3 aromatic heterocycles. The van der Waals surface area contributed by atoms with Crippen LogP contribution in [0.3, 0.4) is 0 Å². The van der Waals surface area contributed by atoms with Crippen LogP contribution in [0.25, 0.3) is 0 Å². The molecule has 2 N–H and O–H groups in total. The number of amidine groups is 1. The van der Waals surface area contributed by atoms with Gasteiger partial charge >= 0.3 is 0 Å². The summed E-state index contributed by atoms with van der Waals surface area (Å²) in [6.07, 6.45) is 6.84. The molecule has 30 heavy (non-hydrogen) atoms. The first-order valence-electron chi connectivity index (χ1n) is 9.30. The molecule has 152 valence electrons. The monoisotopic (exact) mass is 440 g/mol. The van der Waals surface area contributed by atoms with Gasteiger partial charge in [-0.3, -0.25) is 9.78 Å². The van der Waals surface area contributed by atoms with Gasteiger partial charge in [0.2, 0.25) is 0 Å². The van der Waals surface area contributed by atoms with Crippen molar-refractivity contribution in [3.05, 3.63) is 69.9 Å². The number of carbonyl (C=O) groups is 1. The molecule has 0 aromatic carbocycles. The third kappa shape index (κ3) is 4.27. The molecule has 0 spiro atoms. The number of halogens is 2. The fourth-order valence-electron chi connectivity index (χ4n) is 2.97. The van der Waals surface area contributed by atoms with Gasteiger partial charge in [-0.15, -0.1) is 0 Å². The molecular weight excluding hydrogens is 423 g/mol. The summed E-state index contributed by atoms with van der Waals surface area (Å²) in [4.78, 5) is 29.6. The molecule has 1 aliphatic heterocycles. The molecule has 0 aliphatic carbocycles. The lowest BCUT2D eigenvalue weighted by Gasteiger charge is -2.08. The number of amides is 1. The van der Waals surface area contributed by atoms with Gasteiger partial charge in [-0.25, -0.2) is 15.0 Å². The van der Waals surface area contributed by atoms with Gasteiger partial charge in [-0.2, -0.15) is 0 Å². The molecule has 0 saturated carbocycles. The average Bonchev–Trinajstić information content (AvgIpc) is 3.13. The van der Waals surface area contributed by atoms with Crippen molar-refractivity contribution in [3.63, 3.8) is 0 Å². The summed E-state index contributed by atoms with van der Waals surface area (Å²) in [6.45, 7) is 4.18. The molecule has 1 amide bonds. The van der Waals surface area contributed by atoms with E-state index in [1.165, 1.54) is 12.4 Å². The molecule has 0 radical (unpaired) electrons. The Kier molecular flexibility index (Phi) is 5.65. The van der Waals surface area contributed by atoms with Crippen LogP contribution in [0.15, 0.2) is 48.0 Å². The summed E-state index contributed by atoms with van der Waals surface area (Å²) in [5.41, 5.74) is 3.54.